The Balaban J connectivity index is 1.34. The van der Waals surface area contributed by atoms with Crippen LogP contribution >= 0.6 is 0 Å². The quantitative estimate of drug-likeness (QED) is 0.564. The van der Waals surface area contributed by atoms with Crippen molar-refractivity contribution in [2.24, 2.45) is 0 Å². The van der Waals surface area contributed by atoms with Gasteiger partial charge < -0.3 is 9.80 Å². The highest BCUT2D eigenvalue weighted by Gasteiger charge is 2.38. The molecule has 34 heavy (non-hydrogen) atoms. The normalized spacial score (nSPS) is 15.7. The minimum Gasteiger partial charge on any atom is -0.353 e. The summed E-state index contributed by atoms with van der Waals surface area (Å²) in [6.45, 7) is 8.11. The number of carbonyl (C=O) groups is 3. The van der Waals surface area contributed by atoms with Gasteiger partial charge in [0.25, 0.3) is 17.7 Å². The Morgan fingerprint density at radius 1 is 0.824 bits per heavy atom. The molecule has 0 N–H and O–H groups in total. The fraction of sp³-hybridized carbons (Fsp3) is 0.269. The third-order valence-corrected chi connectivity index (χ3v) is 6.42. The highest BCUT2D eigenvalue weighted by molar-refractivity contribution is 6.35. The predicted octanol–water partition coefficient (Wildman–Crippen LogP) is 3.16. The molecule has 2 aromatic carbocycles. The van der Waals surface area contributed by atoms with Gasteiger partial charge >= 0.3 is 0 Å². The zero-order chi connectivity index (χ0) is 24.0. The molecular formula is C26H25N5O3. The molecular weight excluding hydrogens is 430 g/mol. The van der Waals surface area contributed by atoms with Crippen LogP contribution in [0.5, 0.6) is 0 Å². The van der Waals surface area contributed by atoms with Crippen molar-refractivity contribution in [2.75, 3.05) is 36.0 Å². The largest absolute Gasteiger partial charge is 0.353 e. The number of aromatic nitrogens is 2. The summed E-state index contributed by atoms with van der Waals surface area (Å²) in [7, 11) is 0. The number of aryl methyl sites for hydroxylation is 3. The maximum absolute atomic E-state index is 13.2. The van der Waals surface area contributed by atoms with E-state index in [4.69, 9.17) is 0 Å². The fourth-order valence-corrected chi connectivity index (χ4v) is 4.49. The molecule has 2 aliphatic heterocycles. The van der Waals surface area contributed by atoms with Crippen molar-refractivity contribution < 1.29 is 14.4 Å². The van der Waals surface area contributed by atoms with Crippen molar-refractivity contribution in [1.29, 1.82) is 0 Å². The molecule has 1 aromatic heterocycles. The van der Waals surface area contributed by atoms with E-state index in [0.29, 0.717) is 43.0 Å². The zero-order valence-electron chi connectivity index (χ0n) is 19.4. The van der Waals surface area contributed by atoms with E-state index in [-0.39, 0.29) is 17.4 Å². The summed E-state index contributed by atoms with van der Waals surface area (Å²) < 4.78 is 0. The van der Waals surface area contributed by atoms with E-state index in [1.807, 2.05) is 45.0 Å². The van der Waals surface area contributed by atoms with Gasteiger partial charge in [-0.3, -0.25) is 14.4 Å². The topological polar surface area (TPSA) is 86.7 Å². The summed E-state index contributed by atoms with van der Waals surface area (Å²) >= 11 is 0. The first-order valence-electron chi connectivity index (χ1n) is 11.3. The van der Waals surface area contributed by atoms with Crippen molar-refractivity contribution in [2.45, 2.75) is 20.8 Å². The second-order valence-corrected chi connectivity index (χ2v) is 8.79. The zero-order valence-corrected chi connectivity index (χ0v) is 19.4. The minimum absolute atomic E-state index is 0.147. The minimum atomic E-state index is -0.396. The summed E-state index contributed by atoms with van der Waals surface area (Å²) in [4.78, 5) is 53.0. The Morgan fingerprint density at radius 3 is 2.29 bits per heavy atom. The van der Waals surface area contributed by atoms with E-state index in [1.54, 1.807) is 29.4 Å². The van der Waals surface area contributed by atoms with Gasteiger partial charge in [0.05, 0.1) is 16.8 Å². The van der Waals surface area contributed by atoms with Crippen molar-refractivity contribution >= 4 is 29.2 Å². The number of hydrogen-bond acceptors (Lipinski definition) is 6. The van der Waals surface area contributed by atoms with Crippen LogP contribution < -0.4 is 9.80 Å². The Bertz CT molecular complexity index is 1330. The van der Waals surface area contributed by atoms with Crippen LogP contribution in [0.4, 0.5) is 11.5 Å². The molecule has 0 radical (unpaired) electrons. The van der Waals surface area contributed by atoms with Crippen LogP contribution in [-0.4, -0.2) is 58.8 Å². The molecule has 3 aromatic rings. The van der Waals surface area contributed by atoms with Crippen LogP contribution in [0.15, 0.2) is 48.8 Å². The highest BCUT2D eigenvalue weighted by Crippen LogP contribution is 2.32. The number of hydrogen-bond donors (Lipinski definition) is 0. The molecule has 0 aliphatic carbocycles. The molecule has 3 heterocycles. The molecule has 5 rings (SSSR count). The number of rotatable bonds is 3. The number of fused-ring (bicyclic) bond motifs is 1. The number of anilines is 2. The summed E-state index contributed by atoms with van der Waals surface area (Å²) in [5.41, 5.74) is 4.29. The number of amides is 3. The molecule has 0 saturated carbocycles. The average Bonchev–Trinajstić information content (AvgIpc) is 3.09. The molecule has 1 saturated heterocycles. The Morgan fingerprint density at radius 2 is 1.56 bits per heavy atom. The third kappa shape index (κ3) is 3.71. The van der Waals surface area contributed by atoms with Crippen LogP contribution in [0.2, 0.25) is 0 Å². The predicted molar refractivity (Wildman–Crippen MR) is 128 cm³/mol. The highest BCUT2D eigenvalue weighted by atomic mass is 16.2. The standard InChI is InChI=1S/C26H25N5O3/c1-16-4-5-17(2)22(12-16)31-25(33)20-7-6-19(14-21(20)26(31)34)24(32)30-10-8-29(9-11-30)23-13-18(3)27-15-28-23/h4-7,12-15H,8-11H2,1-3H3. The van der Waals surface area contributed by atoms with Crippen molar-refractivity contribution in [3.8, 4) is 0 Å². The lowest BCUT2D eigenvalue weighted by molar-refractivity contribution is 0.0746. The lowest BCUT2D eigenvalue weighted by Crippen LogP contribution is -2.49. The molecule has 0 spiro atoms. The smallest absolute Gasteiger partial charge is 0.266 e. The second-order valence-electron chi connectivity index (χ2n) is 8.79. The van der Waals surface area contributed by atoms with Crippen molar-refractivity contribution in [3.63, 3.8) is 0 Å². The molecule has 8 nitrogen and oxygen atoms in total. The van der Waals surface area contributed by atoms with Gasteiger partial charge in [0.2, 0.25) is 0 Å². The summed E-state index contributed by atoms with van der Waals surface area (Å²) in [6.07, 6.45) is 1.55. The molecule has 0 unspecified atom stereocenters. The van der Waals surface area contributed by atoms with Crippen molar-refractivity contribution in [1.82, 2.24) is 14.9 Å². The Labute approximate surface area is 197 Å². The number of imide groups is 1. The molecule has 0 bridgehead atoms. The Kier molecular flexibility index (Phi) is 5.36. The first-order valence-corrected chi connectivity index (χ1v) is 11.3. The van der Waals surface area contributed by atoms with E-state index in [1.165, 1.54) is 4.90 Å². The van der Waals surface area contributed by atoms with Gasteiger partial charge in [-0.1, -0.05) is 12.1 Å². The summed E-state index contributed by atoms with van der Waals surface area (Å²) in [6, 6.07) is 12.4. The number of carbonyl (C=O) groups excluding carboxylic acids is 3. The van der Waals surface area contributed by atoms with E-state index < -0.39 is 5.91 Å². The molecule has 3 amide bonds. The van der Waals surface area contributed by atoms with Crippen LogP contribution in [0.3, 0.4) is 0 Å². The molecule has 8 heteroatoms. The monoisotopic (exact) mass is 455 g/mol. The van der Waals surface area contributed by atoms with E-state index in [2.05, 4.69) is 14.9 Å². The van der Waals surface area contributed by atoms with Crippen LogP contribution in [0, 0.1) is 20.8 Å². The van der Waals surface area contributed by atoms with Gasteiger partial charge in [-0.2, -0.15) is 0 Å². The molecule has 172 valence electrons. The fourth-order valence-electron chi connectivity index (χ4n) is 4.49. The first-order chi connectivity index (χ1) is 16.3. The molecule has 0 atom stereocenters. The van der Waals surface area contributed by atoms with Gasteiger partial charge in [0, 0.05) is 43.5 Å². The van der Waals surface area contributed by atoms with Crippen molar-refractivity contribution in [3.05, 3.63) is 82.3 Å². The van der Waals surface area contributed by atoms with E-state index in [0.717, 1.165) is 22.6 Å². The lowest BCUT2D eigenvalue weighted by atomic mass is 10.0. The van der Waals surface area contributed by atoms with Gasteiger partial charge in [0.15, 0.2) is 0 Å². The third-order valence-electron chi connectivity index (χ3n) is 6.42. The number of benzene rings is 2. The van der Waals surface area contributed by atoms with Gasteiger partial charge in [-0.05, 0) is 56.2 Å². The second kappa shape index (κ2) is 8.37. The Hall–Kier alpha value is -4.07. The van der Waals surface area contributed by atoms with Crippen LogP contribution in [0.1, 0.15) is 47.9 Å². The first kappa shape index (κ1) is 21.8. The SMILES string of the molecule is Cc1ccc(C)c(N2C(=O)c3ccc(C(=O)N4CCN(c5cc(C)ncn5)CC4)cc3C2=O)c1. The summed E-state index contributed by atoms with van der Waals surface area (Å²) in [5.74, 6) is -0.0479. The van der Waals surface area contributed by atoms with Gasteiger partial charge in [-0.15, -0.1) is 0 Å². The summed E-state index contributed by atoms with van der Waals surface area (Å²) in [5, 5.41) is 0. The maximum Gasteiger partial charge on any atom is 0.266 e. The number of nitrogens with zero attached hydrogens (tertiary/aromatic N) is 5. The van der Waals surface area contributed by atoms with E-state index >= 15 is 0 Å². The van der Waals surface area contributed by atoms with E-state index in [9.17, 15) is 14.4 Å². The molecule has 2 aliphatic rings. The lowest BCUT2D eigenvalue weighted by Gasteiger charge is -2.35. The number of piperazine rings is 1. The van der Waals surface area contributed by atoms with Gasteiger partial charge in [-0.25, -0.2) is 14.9 Å². The van der Waals surface area contributed by atoms with Crippen LogP contribution in [-0.2, 0) is 0 Å². The average molecular weight is 456 g/mol. The van der Waals surface area contributed by atoms with Gasteiger partial charge in [0.1, 0.15) is 12.1 Å². The maximum atomic E-state index is 13.2. The van der Waals surface area contributed by atoms with Crippen LogP contribution in [0.25, 0.3) is 0 Å². The molecule has 1 fully saturated rings.